The molecule has 2 N–H and O–H groups in total. The summed E-state index contributed by atoms with van der Waals surface area (Å²) >= 11 is 0. The van der Waals surface area contributed by atoms with E-state index in [1.54, 1.807) is 18.3 Å². The van der Waals surface area contributed by atoms with Crippen molar-refractivity contribution in [3.63, 3.8) is 0 Å². The molecule has 0 saturated carbocycles. The van der Waals surface area contributed by atoms with Crippen LogP contribution >= 0.6 is 0 Å². The lowest BCUT2D eigenvalue weighted by Crippen LogP contribution is -2.45. The van der Waals surface area contributed by atoms with Crippen LogP contribution in [0.2, 0.25) is 0 Å². The van der Waals surface area contributed by atoms with Crippen LogP contribution < -0.4 is 15.4 Å². The van der Waals surface area contributed by atoms with Crippen LogP contribution in [0, 0.1) is 6.92 Å². The number of pyridine rings is 1. The number of aromatic nitrogens is 2. The first kappa shape index (κ1) is 21.1. The second-order valence-corrected chi connectivity index (χ2v) is 7.30. The van der Waals surface area contributed by atoms with Gasteiger partial charge >= 0.3 is 0 Å². The van der Waals surface area contributed by atoms with Crippen molar-refractivity contribution < 1.29 is 18.8 Å². The minimum Gasteiger partial charge on any atom is -0.473 e. The maximum Gasteiger partial charge on any atom is 0.254 e. The Morgan fingerprint density at radius 1 is 1.22 bits per heavy atom. The molecule has 0 radical (unpaired) electrons. The molecule has 0 unspecified atom stereocenters. The molecule has 0 spiro atoms. The van der Waals surface area contributed by atoms with Crippen molar-refractivity contribution in [1.29, 1.82) is 0 Å². The predicted molar refractivity (Wildman–Crippen MR) is 116 cm³/mol. The second-order valence-electron chi connectivity index (χ2n) is 7.30. The number of carbonyl (C=O) groups is 2. The molecule has 0 fully saturated rings. The van der Waals surface area contributed by atoms with Gasteiger partial charge in [0.15, 0.2) is 0 Å². The van der Waals surface area contributed by atoms with Crippen LogP contribution in [0.4, 0.5) is 0 Å². The summed E-state index contributed by atoms with van der Waals surface area (Å²) in [5.74, 6) is 0.600. The average Bonchev–Trinajstić information content (AvgIpc) is 3.19. The molecule has 1 aliphatic rings. The first-order valence-corrected chi connectivity index (χ1v) is 10.1. The van der Waals surface area contributed by atoms with Gasteiger partial charge in [-0.1, -0.05) is 35.5 Å². The third kappa shape index (κ3) is 4.77. The zero-order valence-electron chi connectivity index (χ0n) is 17.8. The van der Waals surface area contributed by atoms with E-state index in [-0.39, 0.29) is 31.6 Å². The molecule has 1 aliphatic heterocycles. The highest BCUT2D eigenvalue weighted by Crippen LogP contribution is 2.26. The SMILES string of the molecule is CC1=CN(CNC(=O)c2ccc(OCc3c(-c4ccccc4)noc3C)nc2)C(=O)CN1. The van der Waals surface area contributed by atoms with Crippen molar-refractivity contribution in [3.05, 3.63) is 77.4 Å². The van der Waals surface area contributed by atoms with Gasteiger partial charge in [0.05, 0.1) is 24.3 Å². The molecule has 2 aromatic heterocycles. The maximum absolute atomic E-state index is 12.4. The van der Waals surface area contributed by atoms with E-state index in [0.717, 1.165) is 22.5 Å². The molecule has 0 bridgehead atoms. The monoisotopic (exact) mass is 433 g/mol. The van der Waals surface area contributed by atoms with Crippen LogP contribution in [0.1, 0.15) is 28.6 Å². The molecule has 3 heterocycles. The van der Waals surface area contributed by atoms with E-state index < -0.39 is 0 Å². The van der Waals surface area contributed by atoms with Crippen molar-refractivity contribution in [2.75, 3.05) is 13.2 Å². The Morgan fingerprint density at radius 3 is 2.78 bits per heavy atom. The molecule has 0 atom stereocenters. The number of rotatable bonds is 7. The normalized spacial score (nSPS) is 13.4. The third-order valence-electron chi connectivity index (χ3n) is 4.99. The molecule has 0 saturated heterocycles. The molecule has 4 rings (SSSR count). The van der Waals surface area contributed by atoms with E-state index in [9.17, 15) is 9.59 Å². The summed E-state index contributed by atoms with van der Waals surface area (Å²) in [7, 11) is 0. The molecule has 9 nitrogen and oxygen atoms in total. The van der Waals surface area contributed by atoms with E-state index in [4.69, 9.17) is 9.26 Å². The Hall–Kier alpha value is -4.14. The lowest BCUT2D eigenvalue weighted by atomic mass is 10.1. The number of hydrogen-bond donors (Lipinski definition) is 2. The summed E-state index contributed by atoms with van der Waals surface area (Å²) < 4.78 is 11.1. The number of hydrogen-bond acceptors (Lipinski definition) is 7. The standard InChI is InChI=1S/C23H23N5O4/c1-15-12-28(21(29)11-24-15)14-26-23(30)18-8-9-20(25-10-18)31-13-19-16(2)32-27-22(19)17-6-4-3-5-7-17/h3-10,12,24H,11,13-14H2,1-2H3,(H,26,30). The Labute approximate surface area is 185 Å². The smallest absolute Gasteiger partial charge is 0.254 e. The Morgan fingerprint density at radius 2 is 2.03 bits per heavy atom. The quantitative estimate of drug-likeness (QED) is 0.589. The van der Waals surface area contributed by atoms with E-state index in [1.807, 2.05) is 44.2 Å². The number of allylic oxidation sites excluding steroid dienone is 1. The largest absolute Gasteiger partial charge is 0.473 e. The van der Waals surface area contributed by atoms with Gasteiger partial charge in [0.1, 0.15) is 18.1 Å². The van der Waals surface area contributed by atoms with Gasteiger partial charge < -0.3 is 19.9 Å². The fourth-order valence-electron chi connectivity index (χ4n) is 3.19. The van der Waals surface area contributed by atoms with E-state index in [2.05, 4.69) is 20.8 Å². The van der Waals surface area contributed by atoms with Gasteiger partial charge in [-0.2, -0.15) is 0 Å². The van der Waals surface area contributed by atoms with Crippen LogP contribution in [-0.4, -0.2) is 40.1 Å². The molecule has 32 heavy (non-hydrogen) atoms. The number of benzene rings is 1. The summed E-state index contributed by atoms with van der Waals surface area (Å²) in [6, 6.07) is 13.0. The minimum absolute atomic E-state index is 0.0873. The zero-order valence-corrected chi connectivity index (χ0v) is 17.8. The van der Waals surface area contributed by atoms with Crippen LogP contribution in [-0.2, 0) is 11.4 Å². The summed E-state index contributed by atoms with van der Waals surface area (Å²) in [6.07, 6.45) is 3.10. The highest BCUT2D eigenvalue weighted by molar-refractivity contribution is 5.94. The number of ether oxygens (including phenoxy) is 1. The molecule has 164 valence electrons. The summed E-state index contributed by atoms with van der Waals surface area (Å²) in [5.41, 5.74) is 3.73. The van der Waals surface area contributed by atoms with Crippen LogP contribution in [0.5, 0.6) is 5.88 Å². The number of aryl methyl sites for hydroxylation is 1. The van der Waals surface area contributed by atoms with Gasteiger partial charge in [0, 0.05) is 29.7 Å². The Kier molecular flexibility index (Phi) is 6.16. The Balaban J connectivity index is 1.36. The van der Waals surface area contributed by atoms with Crippen molar-refractivity contribution in [2.24, 2.45) is 0 Å². The van der Waals surface area contributed by atoms with E-state index >= 15 is 0 Å². The van der Waals surface area contributed by atoms with Gasteiger partial charge in [-0.3, -0.25) is 14.5 Å². The van der Waals surface area contributed by atoms with Gasteiger partial charge in [-0.05, 0) is 19.9 Å². The second kappa shape index (κ2) is 9.34. The highest BCUT2D eigenvalue weighted by Gasteiger charge is 2.18. The molecule has 3 aromatic rings. The van der Waals surface area contributed by atoms with E-state index in [1.165, 1.54) is 11.1 Å². The van der Waals surface area contributed by atoms with Gasteiger partial charge in [-0.25, -0.2) is 4.98 Å². The van der Waals surface area contributed by atoms with Gasteiger partial charge in [0.25, 0.3) is 5.91 Å². The van der Waals surface area contributed by atoms with Crippen LogP contribution in [0.15, 0.2) is 65.1 Å². The van der Waals surface area contributed by atoms with Crippen molar-refractivity contribution >= 4 is 11.8 Å². The Bertz CT molecular complexity index is 1140. The van der Waals surface area contributed by atoms with Crippen LogP contribution in [0.25, 0.3) is 11.3 Å². The first-order valence-electron chi connectivity index (χ1n) is 10.1. The van der Waals surface area contributed by atoms with Gasteiger partial charge in [-0.15, -0.1) is 0 Å². The summed E-state index contributed by atoms with van der Waals surface area (Å²) in [4.78, 5) is 29.9. The average molecular weight is 433 g/mol. The number of nitrogens with zero attached hydrogens (tertiary/aromatic N) is 3. The fraction of sp³-hybridized carbons (Fsp3) is 0.217. The molecule has 0 aliphatic carbocycles. The molecular weight excluding hydrogens is 410 g/mol. The minimum atomic E-state index is -0.331. The van der Waals surface area contributed by atoms with Crippen molar-refractivity contribution in [3.8, 4) is 17.1 Å². The first-order chi connectivity index (χ1) is 15.5. The third-order valence-corrected chi connectivity index (χ3v) is 4.99. The number of nitrogens with one attached hydrogen (secondary N) is 2. The molecule has 9 heteroatoms. The van der Waals surface area contributed by atoms with Gasteiger partial charge in [0.2, 0.25) is 11.8 Å². The number of carbonyl (C=O) groups excluding carboxylic acids is 2. The zero-order chi connectivity index (χ0) is 22.5. The summed E-state index contributed by atoms with van der Waals surface area (Å²) in [5, 5.41) is 9.81. The summed E-state index contributed by atoms with van der Waals surface area (Å²) in [6.45, 7) is 4.22. The highest BCUT2D eigenvalue weighted by atomic mass is 16.5. The fourth-order valence-corrected chi connectivity index (χ4v) is 3.19. The maximum atomic E-state index is 12.4. The van der Waals surface area contributed by atoms with E-state index in [0.29, 0.717) is 17.2 Å². The van der Waals surface area contributed by atoms with Crippen molar-refractivity contribution in [2.45, 2.75) is 20.5 Å². The number of amides is 2. The predicted octanol–water partition coefficient (Wildman–Crippen LogP) is 2.60. The lowest BCUT2D eigenvalue weighted by Gasteiger charge is -2.25. The molecular formula is C23H23N5O4. The molecule has 1 aromatic carbocycles. The molecule has 2 amide bonds. The topological polar surface area (TPSA) is 110 Å². The lowest BCUT2D eigenvalue weighted by molar-refractivity contribution is -0.128. The van der Waals surface area contributed by atoms with Crippen LogP contribution in [0.3, 0.4) is 0 Å². The van der Waals surface area contributed by atoms with Crippen molar-refractivity contribution in [1.82, 2.24) is 25.7 Å².